The molecule has 174 valence electrons. The van der Waals surface area contributed by atoms with Crippen molar-refractivity contribution in [2.75, 3.05) is 11.3 Å². The van der Waals surface area contributed by atoms with Crippen LogP contribution in [0, 0.1) is 5.82 Å². The number of benzene rings is 2. The van der Waals surface area contributed by atoms with E-state index in [-0.39, 0.29) is 27.7 Å². The lowest BCUT2D eigenvalue weighted by Crippen LogP contribution is -2.29. The number of carbonyl (C=O) groups is 1. The van der Waals surface area contributed by atoms with Crippen molar-refractivity contribution in [3.05, 3.63) is 76.2 Å². The Morgan fingerprint density at radius 1 is 1.09 bits per heavy atom. The van der Waals surface area contributed by atoms with Gasteiger partial charge in [-0.1, -0.05) is 12.1 Å². The lowest BCUT2D eigenvalue weighted by Gasteiger charge is -2.10. The van der Waals surface area contributed by atoms with Crippen molar-refractivity contribution in [1.82, 2.24) is 19.7 Å². The Bertz CT molecular complexity index is 1320. The maximum atomic E-state index is 13.7. The minimum Gasteiger partial charge on any atom is -0.352 e. The summed E-state index contributed by atoms with van der Waals surface area (Å²) in [5.74, 6) is -0.234. The lowest BCUT2D eigenvalue weighted by atomic mass is 10.2. The molecular formula is C22H24FN5O4S. The Morgan fingerprint density at radius 2 is 1.85 bits per heavy atom. The van der Waals surface area contributed by atoms with Crippen molar-refractivity contribution in [2.45, 2.75) is 43.7 Å². The highest BCUT2D eigenvalue weighted by Gasteiger charge is 2.18. The Balaban J connectivity index is 1.31. The summed E-state index contributed by atoms with van der Waals surface area (Å²) in [6.07, 6.45) is 3.35. The number of carbonyl (C=O) groups excluding carboxylic acids is 1. The summed E-state index contributed by atoms with van der Waals surface area (Å²) in [5, 5.41) is 7.11. The van der Waals surface area contributed by atoms with E-state index in [0.29, 0.717) is 26.1 Å². The van der Waals surface area contributed by atoms with E-state index in [1.807, 2.05) is 0 Å². The van der Waals surface area contributed by atoms with Crippen molar-refractivity contribution in [2.24, 2.45) is 0 Å². The first kappa shape index (κ1) is 22.7. The van der Waals surface area contributed by atoms with Crippen LogP contribution in [0.5, 0.6) is 0 Å². The minimum atomic E-state index is -4.00. The lowest BCUT2D eigenvalue weighted by molar-refractivity contribution is 0.0952. The molecule has 4 rings (SSSR count). The third-order valence-electron chi connectivity index (χ3n) is 5.41. The number of aryl methyl sites for hydroxylation is 2. The van der Waals surface area contributed by atoms with Gasteiger partial charge < -0.3 is 5.32 Å². The molecule has 0 spiro atoms. The van der Waals surface area contributed by atoms with E-state index < -0.39 is 15.8 Å². The van der Waals surface area contributed by atoms with Crippen LogP contribution in [0.4, 0.5) is 10.1 Å². The van der Waals surface area contributed by atoms with Crippen molar-refractivity contribution >= 4 is 21.6 Å². The minimum absolute atomic E-state index is 0.0922. The van der Waals surface area contributed by atoms with Gasteiger partial charge in [0.15, 0.2) is 0 Å². The van der Waals surface area contributed by atoms with E-state index in [0.717, 1.165) is 31.2 Å². The van der Waals surface area contributed by atoms with E-state index in [4.69, 9.17) is 0 Å². The van der Waals surface area contributed by atoms with Crippen LogP contribution < -0.4 is 15.7 Å². The standard InChI is InChI=1S/C22H24FN5O4S/c23-18-6-1-2-7-19(18)26-33(31,32)17-11-9-16(10-12-17)21(29)24-13-5-15-28-22(30)27-14-4-3-8-20(27)25-28/h1-2,6-7,9-12,26H,3-5,8,13-15H2,(H,24,29). The van der Waals surface area contributed by atoms with Gasteiger partial charge >= 0.3 is 5.69 Å². The Hall–Kier alpha value is -3.47. The van der Waals surface area contributed by atoms with Crippen molar-refractivity contribution in [1.29, 1.82) is 0 Å². The summed E-state index contributed by atoms with van der Waals surface area (Å²) in [7, 11) is -4.00. The molecule has 1 aliphatic rings. The smallest absolute Gasteiger partial charge is 0.345 e. The number of amides is 1. The van der Waals surface area contributed by atoms with Crippen molar-refractivity contribution in [3.8, 4) is 0 Å². The maximum Gasteiger partial charge on any atom is 0.345 e. The highest BCUT2D eigenvalue weighted by Crippen LogP contribution is 2.19. The number of sulfonamides is 1. The second-order valence-corrected chi connectivity index (χ2v) is 9.43. The van der Waals surface area contributed by atoms with Crippen LogP contribution in [0.15, 0.2) is 58.2 Å². The number of nitrogens with zero attached hydrogens (tertiary/aromatic N) is 3. The zero-order valence-corrected chi connectivity index (χ0v) is 18.6. The van der Waals surface area contributed by atoms with Gasteiger partial charge in [-0.2, -0.15) is 5.10 Å². The number of rotatable bonds is 8. The fourth-order valence-corrected chi connectivity index (χ4v) is 4.73. The van der Waals surface area contributed by atoms with Crippen molar-refractivity contribution < 1.29 is 17.6 Å². The number of halogens is 1. The first-order valence-corrected chi connectivity index (χ1v) is 12.2. The maximum absolute atomic E-state index is 13.7. The van der Waals surface area contributed by atoms with Crippen LogP contribution in [-0.4, -0.2) is 35.2 Å². The normalized spacial score (nSPS) is 13.4. The Labute approximate surface area is 190 Å². The highest BCUT2D eigenvalue weighted by atomic mass is 32.2. The number of nitrogens with one attached hydrogen (secondary N) is 2. The molecule has 11 heteroatoms. The average Bonchev–Trinajstić information content (AvgIpc) is 3.14. The second-order valence-electron chi connectivity index (χ2n) is 7.75. The molecule has 0 fully saturated rings. The summed E-state index contributed by atoms with van der Waals surface area (Å²) < 4.78 is 44.0. The second kappa shape index (κ2) is 9.57. The van der Waals surface area contributed by atoms with Gasteiger partial charge in [-0.25, -0.2) is 22.3 Å². The monoisotopic (exact) mass is 473 g/mol. The number of fused-ring (bicyclic) bond motifs is 1. The summed E-state index contributed by atoms with van der Waals surface area (Å²) in [5.41, 5.74) is 0.0169. The summed E-state index contributed by atoms with van der Waals surface area (Å²) >= 11 is 0. The van der Waals surface area contributed by atoms with E-state index in [1.165, 1.54) is 47.1 Å². The van der Waals surface area contributed by atoms with Crippen LogP contribution in [0.3, 0.4) is 0 Å². The molecule has 0 unspecified atom stereocenters. The zero-order chi connectivity index (χ0) is 23.4. The fourth-order valence-electron chi connectivity index (χ4n) is 3.66. The quantitative estimate of drug-likeness (QED) is 0.487. The molecule has 2 aromatic carbocycles. The molecule has 1 aliphatic heterocycles. The number of anilines is 1. The molecule has 0 saturated carbocycles. The third kappa shape index (κ3) is 5.14. The average molecular weight is 474 g/mol. The van der Waals surface area contributed by atoms with Gasteiger partial charge in [0.2, 0.25) is 0 Å². The van der Waals surface area contributed by atoms with Gasteiger partial charge in [-0.05, 0) is 55.7 Å². The molecule has 0 bridgehead atoms. The van der Waals surface area contributed by atoms with E-state index in [2.05, 4.69) is 15.1 Å². The number of hydrogen-bond donors (Lipinski definition) is 2. The molecule has 0 atom stereocenters. The van der Waals surface area contributed by atoms with Crippen LogP contribution in [0.25, 0.3) is 0 Å². The molecule has 33 heavy (non-hydrogen) atoms. The summed E-state index contributed by atoms with van der Waals surface area (Å²) in [4.78, 5) is 24.6. The SMILES string of the molecule is O=C(NCCCn1nc2n(c1=O)CCCC2)c1ccc(S(=O)(=O)Nc2ccccc2F)cc1. The summed E-state index contributed by atoms with van der Waals surface area (Å²) in [6.45, 7) is 1.44. The highest BCUT2D eigenvalue weighted by molar-refractivity contribution is 7.92. The first-order chi connectivity index (χ1) is 15.8. The van der Waals surface area contributed by atoms with Crippen LogP contribution in [0.1, 0.15) is 35.4 Å². The Kier molecular flexibility index (Phi) is 6.59. The fraction of sp³-hybridized carbons (Fsp3) is 0.318. The third-order valence-corrected chi connectivity index (χ3v) is 6.79. The van der Waals surface area contributed by atoms with Crippen molar-refractivity contribution in [3.63, 3.8) is 0 Å². The van der Waals surface area contributed by atoms with Gasteiger partial charge in [0, 0.05) is 31.6 Å². The predicted octanol–water partition coefficient (Wildman–Crippen LogP) is 2.14. The van der Waals surface area contributed by atoms with E-state index in [1.54, 1.807) is 4.57 Å². The number of para-hydroxylation sites is 1. The molecule has 0 radical (unpaired) electrons. The van der Waals surface area contributed by atoms with Gasteiger partial charge in [0.1, 0.15) is 11.6 Å². The Morgan fingerprint density at radius 3 is 2.58 bits per heavy atom. The largest absolute Gasteiger partial charge is 0.352 e. The molecular weight excluding hydrogens is 449 g/mol. The number of hydrogen-bond acceptors (Lipinski definition) is 5. The zero-order valence-electron chi connectivity index (χ0n) is 17.8. The summed E-state index contributed by atoms with van der Waals surface area (Å²) in [6, 6.07) is 10.8. The molecule has 2 heterocycles. The topological polar surface area (TPSA) is 115 Å². The molecule has 2 N–H and O–H groups in total. The molecule has 9 nitrogen and oxygen atoms in total. The van der Waals surface area contributed by atoms with Gasteiger partial charge in [-0.15, -0.1) is 0 Å². The first-order valence-electron chi connectivity index (χ1n) is 10.7. The molecule has 1 aromatic heterocycles. The van der Waals surface area contributed by atoms with Gasteiger partial charge in [0.25, 0.3) is 15.9 Å². The number of aromatic nitrogens is 3. The van der Waals surface area contributed by atoms with E-state index >= 15 is 0 Å². The van der Waals surface area contributed by atoms with Gasteiger partial charge in [-0.3, -0.25) is 14.1 Å². The van der Waals surface area contributed by atoms with E-state index in [9.17, 15) is 22.4 Å². The van der Waals surface area contributed by atoms with Gasteiger partial charge in [0.05, 0.1) is 10.6 Å². The van der Waals surface area contributed by atoms with Crippen LogP contribution in [-0.2, 0) is 29.5 Å². The van der Waals surface area contributed by atoms with Crippen LogP contribution >= 0.6 is 0 Å². The predicted molar refractivity (Wildman–Crippen MR) is 120 cm³/mol. The molecule has 1 amide bonds. The van der Waals surface area contributed by atoms with Crippen LogP contribution in [0.2, 0.25) is 0 Å². The molecule has 0 aliphatic carbocycles. The molecule has 0 saturated heterocycles. The molecule has 3 aromatic rings.